The maximum Gasteiger partial charge on any atom is 0.225 e. The first-order valence-corrected chi connectivity index (χ1v) is 8.35. The molecule has 122 valence electrons. The van der Waals surface area contributed by atoms with E-state index in [4.69, 9.17) is 11.6 Å². The molecule has 2 aromatic rings. The van der Waals surface area contributed by atoms with Gasteiger partial charge in [0.05, 0.1) is 12.5 Å². The lowest BCUT2D eigenvalue weighted by molar-refractivity contribution is -0.133. The van der Waals surface area contributed by atoms with Crippen molar-refractivity contribution >= 4 is 17.5 Å². The van der Waals surface area contributed by atoms with Crippen molar-refractivity contribution in [2.24, 2.45) is 0 Å². The predicted molar refractivity (Wildman–Crippen MR) is 92.7 cm³/mol. The summed E-state index contributed by atoms with van der Waals surface area (Å²) in [5, 5.41) is 0.713. The number of halogens is 1. The van der Waals surface area contributed by atoms with Crippen LogP contribution in [-0.4, -0.2) is 53.5 Å². The Bertz CT molecular complexity index is 631. The van der Waals surface area contributed by atoms with Gasteiger partial charge in [-0.05, 0) is 36.9 Å². The summed E-state index contributed by atoms with van der Waals surface area (Å²) in [5.74, 6) is 0.215. The molecule has 1 atom stereocenters. The number of amides is 1. The van der Waals surface area contributed by atoms with Crippen LogP contribution >= 0.6 is 11.6 Å². The first-order valence-electron chi connectivity index (χ1n) is 7.98. The fourth-order valence-corrected chi connectivity index (χ4v) is 3.11. The summed E-state index contributed by atoms with van der Waals surface area (Å²) in [6.45, 7) is 3.52. The Morgan fingerprint density at radius 1 is 1.09 bits per heavy atom. The monoisotopic (exact) mass is 331 g/mol. The second kappa shape index (κ2) is 7.20. The van der Waals surface area contributed by atoms with Gasteiger partial charge in [0.15, 0.2) is 0 Å². The number of hydrogen-bond acceptors (Lipinski definition) is 2. The lowest BCUT2D eigenvalue weighted by atomic mass is 10.0. The summed E-state index contributed by atoms with van der Waals surface area (Å²) >= 11 is 6.00. The topological polar surface area (TPSA) is 28.5 Å². The molecular weight excluding hydrogens is 310 g/mol. The first kappa shape index (κ1) is 16.1. The van der Waals surface area contributed by atoms with Crippen LogP contribution < -0.4 is 0 Å². The number of nitrogens with zero attached hydrogens (tertiary/aromatic N) is 3. The van der Waals surface area contributed by atoms with E-state index in [1.165, 1.54) is 0 Å². The van der Waals surface area contributed by atoms with E-state index in [0.717, 1.165) is 31.7 Å². The molecule has 0 bridgehead atoms. The van der Waals surface area contributed by atoms with Gasteiger partial charge in [-0.15, -0.1) is 0 Å². The SMILES string of the molecule is CN1CCN(C(=O)C[C@@H](c2ccc(Cl)cc2)n2cccc2)CC1. The Balaban J connectivity index is 1.76. The molecule has 0 aliphatic carbocycles. The number of carbonyl (C=O) groups is 1. The number of aromatic nitrogens is 1. The maximum absolute atomic E-state index is 12.7. The van der Waals surface area contributed by atoms with Gasteiger partial charge in [-0.2, -0.15) is 0 Å². The fraction of sp³-hybridized carbons (Fsp3) is 0.389. The Morgan fingerprint density at radius 3 is 2.30 bits per heavy atom. The first-order chi connectivity index (χ1) is 11.1. The number of likely N-dealkylation sites (N-methyl/N-ethyl adjacent to an activating group) is 1. The van der Waals surface area contributed by atoms with Crippen molar-refractivity contribution in [2.75, 3.05) is 33.2 Å². The van der Waals surface area contributed by atoms with Crippen LogP contribution in [0.4, 0.5) is 0 Å². The number of hydrogen-bond donors (Lipinski definition) is 0. The lowest BCUT2D eigenvalue weighted by Crippen LogP contribution is -2.47. The van der Waals surface area contributed by atoms with Gasteiger partial charge in [-0.25, -0.2) is 0 Å². The minimum Gasteiger partial charge on any atom is -0.346 e. The highest BCUT2D eigenvalue weighted by atomic mass is 35.5. The molecule has 4 nitrogen and oxygen atoms in total. The van der Waals surface area contributed by atoms with Crippen LogP contribution in [-0.2, 0) is 4.79 Å². The van der Waals surface area contributed by atoms with Crippen molar-refractivity contribution in [1.29, 1.82) is 0 Å². The minimum atomic E-state index is 0.00872. The van der Waals surface area contributed by atoms with E-state index in [1.807, 2.05) is 53.7 Å². The van der Waals surface area contributed by atoms with Crippen LogP contribution in [0.5, 0.6) is 0 Å². The van der Waals surface area contributed by atoms with E-state index >= 15 is 0 Å². The highest BCUT2D eigenvalue weighted by Crippen LogP contribution is 2.25. The Morgan fingerprint density at radius 2 is 1.70 bits per heavy atom. The van der Waals surface area contributed by atoms with Crippen molar-refractivity contribution < 1.29 is 4.79 Å². The Labute approximate surface area is 142 Å². The number of rotatable bonds is 4. The Kier molecular flexibility index (Phi) is 5.03. The van der Waals surface area contributed by atoms with Crippen molar-refractivity contribution in [2.45, 2.75) is 12.5 Å². The van der Waals surface area contributed by atoms with E-state index in [1.54, 1.807) is 0 Å². The molecular formula is C18H22ClN3O. The molecule has 0 saturated carbocycles. The van der Waals surface area contributed by atoms with Gasteiger partial charge < -0.3 is 14.4 Å². The highest BCUT2D eigenvalue weighted by molar-refractivity contribution is 6.30. The molecule has 1 aromatic carbocycles. The second-order valence-electron chi connectivity index (χ2n) is 6.09. The summed E-state index contributed by atoms with van der Waals surface area (Å²) < 4.78 is 2.09. The van der Waals surface area contributed by atoms with Gasteiger partial charge >= 0.3 is 0 Å². The lowest BCUT2D eigenvalue weighted by Gasteiger charge is -2.33. The summed E-state index contributed by atoms with van der Waals surface area (Å²) in [6, 6.07) is 11.8. The Hall–Kier alpha value is -1.78. The molecule has 1 amide bonds. The van der Waals surface area contributed by atoms with E-state index in [2.05, 4.69) is 16.5 Å². The molecule has 1 aliphatic heterocycles. The molecule has 0 radical (unpaired) electrons. The van der Waals surface area contributed by atoms with Crippen LogP contribution in [0.3, 0.4) is 0 Å². The third-order valence-corrected chi connectivity index (χ3v) is 4.72. The molecule has 1 saturated heterocycles. The van der Waals surface area contributed by atoms with Gasteiger partial charge in [0.2, 0.25) is 5.91 Å². The zero-order valence-electron chi connectivity index (χ0n) is 13.4. The van der Waals surface area contributed by atoms with Gasteiger partial charge in [0, 0.05) is 43.6 Å². The standard InChI is InChI=1S/C18H22ClN3O/c1-20-10-12-22(13-11-20)18(23)14-17(21-8-2-3-9-21)15-4-6-16(19)7-5-15/h2-9,17H,10-14H2,1H3/t17-/m0/s1. The smallest absolute Gasteiger partial charge is 0.225 e. The summed E-state index contributed by atoms with van der Waals surface area (Å²) in [7, 11) is 2.10. The number of piperazine rings is 1. The summed E-state index contributed by atoms with van der Waals surface area (Å²) in [6.07, 6.45) is 4.49. The quantitative estimate of drug-likeness (QED) is 0.862. The normalized spacial score (nSPS) is 17.2. The second-order valence-corrected chi connectivity index (χ2v) is 6.52. The molecule has 0 unspecified atom stereocenters. The zero-order valence-corrected chi connectivity index (χ0v) is 14.1. The van der Waals surface area contributed by atoms with Gasteiger partial charge in [0.25, 0.3) is 0 Å². The van der Waals surface area contributed by atoms with Gasteiger partial charge in [-0.1, -0.05) is 23.7 Å². The average molecular weight is 332 g/mol. The molecule has 0 spiro atoms. The fourth-order valence-electron chi connectivity index (χ4n) is 2.99. The van der Waals surface area contributed by atoms with E-state index in [9.17, 15) is 4.79 Å². The van der Waals surface area contributed by atoms with Crippen molar-refractivity contribution in [3.8, 4) is 0 Å². The summed E-state index contributed by atoms with van der Waals surface area (Å²) in [5.41, 5.74) is 1.10. The zero-order chi connectivity index (χ0) is 16.2. The molecule has 1 aliphatic rings. The van der Waals surface area contributed by atoms with Crippen LogP contribution in [0.2, 0.25) is 5.02 Å². The number of benzene rings is 1. The molecule has 0 N–H and O–H groups in total. The maximum atomic E-state index is 12.7. The van der Waals surface area contributed by atoms with E-state index in [0.29, 0.717) is 11.4 Å². The van der Waals surface area contributed by atoms with E-state index in [-0.39, 0.29) is 11.9 Å². The molecule has 1 aromatic heterocycles. The highest BCUT2D eigenvalue weighted by Gasteiger charge is 2.23. The van der Waals surface area contributed by atoms with Crippen molar-refractivity contribution in [3.05, 3.63) is 59.4 Å². The van der Waals surface area contributed by atoms with Crippen LogP contribution in [0.25, 0.3) is 0 Å². The van der Waals surface area contributed by atoms with Crippen molar-refractivity contribution in [3.63, 3.8) is 0 Å². The molecule has 3 rings (SSSR count). The van der Waals surface area contributed by atoms with Gasteiger partial charge in [0.1, 0.15) is 0 Å². The van der Waals surface area contributed by atoms with Crippen LogP contribution in [0.1, 0.15) is 18.0 Å². The number of carbonyl (C=O) groups excluding carboxylic acids is 1. The van der Waals surface area contributed by atoms with E-state index < -0.39 is 0 Å². The molecule has 2 heterocycles. The molecule has 1 fully saturated rings. The van der Waals surface area contributed by atoms with Gasteiger partial charge in [-0.3, -0.25) is 4.79 Å². The predicted octanol–water partition coefficient (Wildman–Crippen LogP) is 2.90. The minimum absolute atomic E-state index is 0.00872. The summed E-state index contributed by atoms with van der Waals surface area (Å²) in [4.78, 5) is 17.0. The molecule has 23 heavy (non-hydrogen) atoms. The molecule has 5 heteroatoms. The third-order valence-electron chi connectivity index (χ3n) is 4.47. The largest absolute Gasteiger partial charge is 0.346 e. The van der Waals surface area contributed by atoms with Crippen LogP contribution in [0.15, 0.2) is 48.8 Å². The van der Waals surface area contributed by atoms with Crippen LogP contribution in [0, 0.1) is 0 Å². The average Bonchev–Trinajstić information content (AvgIpc) is 3.08. The third kappa shape index (κ3) is 3.95. The van der Waals surface area contributed by atoms with Crippen molar-refractivity contribution in [1.82, 2.24) is 14.4 Å².